The smallest absolute Gasteiger partial charge is 0.221 e. The van der Waals surface area contributed by atoms with E-state index in [9.17, 15) is 0 Å². The van der Waals surface area contributed by atoms with E-state index in [4.69, 9.17) is 9.47 Å². The zero-order valence-corrected chi connectivity index (χ0v) is 11.2. The van der Waals surface area contributed by atoms with Crippen molar-refractivity contribution in [2.45, 2.75) is 20.3 Å². The van der Waals surface area contributed by atoms with E-state index in [2.05, 4.69) is 24.0 Å². The van der Waals surface area contributed by atoms with Gasteiger partial charge in [0.15, 0.2) is 0 Å². The normalized spacial score (nSPS) is 15.4. The summed E-state index contributed by atoms with van der Waals surface area (Å²) in [5.74, 6) is 1.67. The van der Waals surface area contributed by atoms with Crippen LogP contribution in [0.1, 0.15) is 24.5 Å². The van der Waals surface area contributed by atoms with Gasteiger partial charge in [0.05, 0.1) is 13.2 Å². The second-order valence-corrected chi connectivity index (χ2v) is 4.49. The number of ether oxygens (including phenoxy) is 2. The largest absolute Gasteiger partial charge is 0.443 e. The third-order valence-electron chi connectivity index (χ3n) is 3.07. The molecule has 3 nitrogen and oxygen atoms in total. The van der Waals surface area contributed by atoms with Crippen molar-refractivity contribution >= 4 is 5.90 Å². The zero-order valence-electron chi connectivity index (χ0n) is 11.2. The minimum Gasteiger partial charge on any atom is -0.443 e. The molecule has 0 atom stereocenters. The number of rotatable bonds is 4. The third-order valence-corrected chi connectivity index (χ3v) is 3.07. The molecule has 0 saturated carbocycles. The number of benzene rings is 1. The van der Waals surface area contributed by atoms with Crippen LogP contribution < -0.4 is 0 Å². The number of hydrogen-bond donors (Lipinski definition) is 0. The first-order valence-electron chi connectivity index (χ1n) is 6.17. The average molecular weight is 245 g/mol. The molecule has 0 saturated heterocycles. The lowest BCUT2D eigenvalue weighted by molar-refractivity contribution is 0.200. The molecule has 1 aliphatic rings. The molecule has 96 valence electrons. The molecule has 18 heavy (non-hydrogen) atoms. The van der Waals surface area contributed by atoms with Gasteiger partial charge in [0.1, 0.15) is 5.76 Å². The first kappa shape index (κ1) is 12.8. The van der Waals surface area contributed by atoms with E-state index >= 15 is 0 Å². The molecule has 2 rings (SSSR count). The van der Waals surface area contributed by atoms with Crippen LogP contribution in [0.3, 0.4) is 0 Å². The highest BCUT2D eigenvalue weighted by Crippen LogP contribution is 2.19. The molecule has 0 N–H and O–H groups in total. The summed E-state index contributed by atoms with van der Waals surface area (Å²) in [6.07, 6.45) is 0.882. The van der Waals surface area contributed by atoms with Crippen LogP contribution >= 0.6 is 0 Å². The van der Waals surface area contributed by atoms with E-state index in [1.54, 1.807) is 7.11 Å². The highest BCUT2D eigenvalue weighted by Gasteiger charge is 2.15. The van der Waals surface area contributed by atoms with Gasteiger partial charge in [0.2, 0.25) is 5.90 Å². The lowest BCUT2D eigenvalue weighted by Gasteiger charge is -2.18. The number of allylic oxidation sites excluding steroid dienone is 1. The Morgan fingerprint density at radius 1 is 1.22 bits per heavy atom. The van der Waals surface area contributed by atoms with Crippen molar-refractivity contribution in [3.8, 4) is 0 Å². The molecule has 0 amide bonds. The topological polar surface area (TPSA) is 30.8 Å². The molecule has 0 fully saturated rings. The molecule has 0 aromatic heterocycles. The van der Waals surface area contributed by atoms with Gasteiger partial charge >= 0.3 is 0 Å². The second-order valence-electron chi connectivity index (χ2n) is 4.49. The Hall–Kier alpha value is -1.61. The number of methoxy groups -OCH3 is 1. The second kappa shape index (κ2) is 5.83. The van der Waals surface area contributed by atoms with E-state index in [0.717, 1.165) is 17.7 Å². The molecule has 0 unspecified atom stereocenters. The van der Waals surface area contributed by atoms with Crippen LogP contribution in [0.2, 0.25) is 0 Å². The standard InChI is InChI=1S/C15H19NO2/c1-11-4-6-13(7-5-11)15-16-10-14(8-9-17-3)12(2)18-15/h4-7H,8-10H2,1-3H3. The van der Waals surface area contributed by atoms with Crippen LogP contribution in [-0.4, -0.2) is 26.2 Å². The average Bonchev–Trinajstić information content (AvgIpc) is 2.38. The van der Waals surface area contributed by atoms with E-state index in [1.807, 2.05) is 19.1 Å². The lowest BCUT2D eigenvalue weighted by atomic mass is 10.1. The van der Waals surface area contributed by atoms with Gasteiger partial charge in [-0.1, -0.05) is 17.7 Å². The Bertz CT molecular complexity index is 472. The molecule has 3 heteroatoms. The first-order valence-corrected chi connectivity index (χ1v) is 6.17. The van der Waals surface area contributed by atoms with Crippen LogP contribution in [0.4, 0.5) is 0 Å². The minimum atomic E-state index is 0.707. The van der Waals surface area contributed by atoms with Crippen molar-refractivity contribution in [1.29, 1.82) is 0 Å². The number of aryl methyl sites for hydroxylation is 1. The molecule has 1 aliphatic heterocycles. The van der Waals surface area contributed by atoms with Gasteiger partial charge in [0, 0.05) is 12.7 Å². The highest BCUT2D eigenvalue weighted by molar-refractivity contribution is 5.95. The van der Waals surface area contributed by atoms with E-state index in [1.165, 1.54) is 11.1 Å². The predicted molar refractivity (Wildman–Crippen MR) is 72.9 cm³/mol. The molecule has 0 radical (unpaired) electrons. The van der Waals surface area contributed by atoms with Gasteiger partial charge in [0.25, 0.3) is 0 Å². The molecular weight excluding hydrogens is 226 g/mol. The maximum absolute atomic E-state index is 5.80. The summed E-state index contributed by atoms with van der Waals surface area (Å²) in [6.45, 7) is 5.49. The molecule has 1 heterocycles. The third kappa shape index (κ3) is 2.99. The van der Waals surface area contributed by atoms with Crippen LogP contribution in [0, 0.1) is 6.92 Å². The SMILES string of the molecule is COCCC1=C(C)OC(c2ccc(C)cc2)=NC1. The highest BCUT2D eigenvalue weighted by atomic mass is 16.5. The maximum Gasteiger partial charge on any atom is 0.221 e. The first-order chi connectivity index (χ1) is 8.70. The summed E-state index contributed by atoms with van der Waals surface area (Å²) in [4.78, 5) is 4.50. The van der Waals surface area contributed by atoms with Crippen molar-refractivity contribution in [2.24, 2.45) is 4.99 Å². The van der Waals surface area contributed by atoms with E-state index < -0.39 is 0 Å². The molecule has 0 aliphatic carbocycles. The van der Waals surface area contributed by atoms with Gasteiger partial charge in [-0.05, 0) is 38.0 Å². The van der Waals surface area contributed by atoms with E-state index in [0.29, 0.717) is 19.0 Å². The fourth-order valence-electron chi connectivity index (χ4n) is 1.85. The molecule has 0 spiro atoms. The predicted octanol–water partition coefficient (Wildman–Crippen LogP) is 3.08. The Kier molecular flexibility index (Phi) is 4.15. The fraction of sp³-hybridized carbons (Fsp3) is 0.400. The van der Waals surface area contributed by atoms with Gasteiger partial charge < -0.3 is 9.47 Å². The number of aliphatic imine (C=N–C) groups is 1. The van der Waals surface area contributed by atoms with Gasteiger partial charge in [-0.3, -0.25) is 0 Å². The summed E-state index contributed by atoms with van der Waals surface area (Å²) in [7, 11) is 1.71. The fourth-order valence-corrected chi connectivity index (χ4v) is 1.85. The van der Waals surface area contributed by atoms with Gasteiger partial charge in [-0.2, -0.15) is 0 Å². The van der Waals surface area contributed by atoms with Crippen molar-refractivity contribution in [1.82, 2.24) is 0 Å². The molecular formula is C15H19NO2. The Balaban J connectivity index is 2.07. The quantitative estimate of drug-likeness (QED) is 0.816. The van der Waals surface area contributed by atoms with Crippen LogP contribution in [0.25, 0.3) is 0 Å². The summed E-state index contributed by atoms with van der Waals surface area (Å²) < 4.78 is 10.9. The van der Waals surface area contributed by atoms with Crippen LogP contribution in [0.15, 0.2) is 40.6 Å². The van der Waals surface area contributed by atoms with Crippen molar-refractivity contribution < 1.29 is 9.47 Å². The van der Waals surface area contributed by atoms with Gasteiger partial charge in [-0.15, -0.1) is 0 Å². The Morgan fingerprint density at radius 2 is 1.94 bits per heavy atom. The zero-order chi connectivity index (χ0) is 13.0. The van der Waals surface area contributed by atoms with E-state index in [-0.39, 0.29) is 0 Å². The Labute approximate surface area is 108 Å². The van der Waals surface area contributed by atoms with Crippen molar-refractivity contribution in [2.75, 3.05) is 20.3 Å². The van der Waals surface area contributed by atoms with Crippen molar-refractivity contribution in [3.63, 3.8) is 0 Å². The summed E-state index contributed by atoms with van der Waals surface area (Å²) in [6, 6.07) is 8.23. The number of hydrogen-bond acceptors (Lipinski definition) is 3. The molecule has 0 bridgehead atoms. The minimum absolute atomic E-state index is 0.707. The maximum atomic E-state index is 5.80. The summed E-state index contributed by atoms with van der Waals surface area (Å²) in [5.41, 5.74) is 3.49. The van der Waals surface area contributed by atoms with Gasteiger partial charge in [-0.25, -0.2) is 4.99 Å². The molecule has 1 aromatic carbocycles. The lowest BCUT2D eigenvalue weighted by Crippen LogP contribution is -2.15. The van der Waals surface area contributed by atoms with Crippen molar-refractivity contribution in [3.05, 3.63) is 46.7 Å². The number of nitrogens with zero attached hydrogens (tertiary/aromatic N) is 1. The summed E-state index contributed by atoms with van der Waals surface area (Å²) >= 11 is 0. The van der Waals surface area contributed by atoms with Crippen LogP contribution in [-0.2, 0) is 9.47 Å². The summed E-state index contributed by atoms with van der Waals surface area (Å²) in [5, 5.41) is 0. The monoisotopic (exact) mass is 245 g/mol. The molecule has 1 aromatic rings. The Morgan fingerprint density at radius 3 is 2.56 bits per heavy atom. The van der Waals surface area contributed by atoms with Crippen LogP contribution in [0.5, 0.6) is 0 Å².